The van der Waals surface area contributed by atoms with E-state index < -0.39 is 242 Å². The predicted molar refractivity (Wildman–Crippen MR) is 318 cm³/mol. The fourth-order valence-corrected chi connectivity index (χ4v) is 18.6. The molecule has 11 fully saturated rings. The van der Waals surface area contributed by atoms with Crippen LogP contribution in [0.4, 0.5) is 0 Å². The Balaban J connectivity index is 0.725. The Hall–Kier alpha value is -1.40. The van der Waals surface area contributed by atoms with E-state index in [0.717, 1.165) is 32.1 Å². The van der Waals surface area contributed by atoms with E-state index in [2.05, 4.69) is 20.8 Å². The van der Waals surface area contributed by atoms with E-state index in [9.17, 15) is 112 Å². The zero-order valence-corrected chi connectivity index (χ0v) is 55.1. The molecule has 7 heterocycles. The number of aliphatic hydroxyl groups is 22. The Morgan fingerprint density at radius 2 is 0.878 bits per heavy atom. The molecule has 4 aliphatic carbocycles. The van der Waals surface area contributed by atoms with Gasteiger partial charge in [-0.15, -0.1) is 0 Å². The minimum Gasteiger partial charge on any atom is -0.394 e. The quantitative estimate of drug-likeness (QED) is 0.0448. The van der Waals surface area contributed by atoms with E-state index >= 15 is 0 Å². The van der Waals surface area contributed by atoms with E-state index in [-0.39, 0.29) is 65.0 Å². The molecule has 35 heteroatoms. The molecule has 0 amide bonds. The smallest absolute Gasteiger partial charge is 0.187 e. The molecule has 0 unspecified atom stereocenters. The van der Waals surface area contributed by atoms with Crippen molar-refractivity contribution < 1.29 is 174 Å². The number of ether oxygens (including phenoxy) is 13. The average Bonchev–Trinajstić information content (AvgIpc) is 1.50. The molecule has 568 valence electrons. The second-order valence-electron chi connectivity index (χ2n) is 30.0. The number of fused-ring (bicyclic) bond motifs is 7. The van der Waals surface area contributed by atoms with Crippen molar-refractivity contribution in [2.24, 2.45) is 52.3 Å². The third-order valence-electron chi connectivity index (χ3n) is 24.4. The fourth-order valence-electron chi connectivity index (χ4n) is 18.6. The van der Waals surface area contributed by atoms with Gasteiger partial charge in [-0.2, -0.15) is 0 Å². The van der Waals surface area contributed by atoms with Gasteiger partial charge in [0.1, 0.15) is 146 Å². The maximum atomic E-state index is 12.2. The summed E-state index contributed by atoms with van der Waals surface area (Å²) in [5, 5.41) is 240. The van der Waals surface area contributed by atoms with Gasteiger partial charge in [0.25, 0.3) is 0 Å². The van der Waals surface area contributed by atoms with Gasteiger partial charge in [0, 0.05) is 12.3 Å². The molecule has 7 aliphatic heterocycles. The largest absolute Gasteiger partial charge is 0.394 e. The van der Waals surface area contributed by atoms with Gasteiger partial charge >= 0.3 is 0 Å². The highest BCUT2D eigenvalue weighted by molar-refractivity contribution is 5.16. The molecule has 0 aromatic rings. The molecule has 0 radical (unpaired) electrons. The summed E-state index contributed by atoms with van der Waals surface area (Å²) >= 11 is 0. The Morgan fingerprint density at radius 1 is 0.429 bits per heavy atom. The van der Waals surface area contributed by atoms with E-state index in [1.165, 1.54) is 0 Å². The highest BCUT2D eigenvalue weighted by Crippen LogP contribution is 2.71. The van der Waals surface area contributed by atoms with Crippen LogP contribution in [0.1, 0.15) is 85.5 Å². The van der Waals surface area contributed by atoms with E-state index in [0.29, 0.717) is 25.7 Å². The third-order valence-corrected chi connectivity index (χ3v) is 24.4. The lowest BCUT2D eigenvalue weighted by Crippen LogP contribution is -2.69. The summed E-state index contributed by atoms with van der Waals surface area (Å²) in [5.74, 6) is -0.883. The van der Waals surface area contributed by atoms with Crippen LogP contribution in [0, 0.1) is 52.3 Å². The lowest BCUT2D eigenvalue weighted by atomic mass is 9.44. The molecule has 0 aromatic heterocycles. The minimum absolute atomic E-state index is 0.0354. The maximum Gasteiger partial charge on any atom is 0.187 e. The van der Waals surface area contributed by atoms with Crippen LogP contribution in [0.3, 0.4) is 0 Å². The molecule has 35 nitrogen and oxygen atoms in total. The van der Waals surface area contributed by atoms with Gasteiger partial charge in [-0.05, 0) is 97.7 Å². The molecule has 0 spiro atoms. The van der Waals surface area contributed by atoms with Crippen LogP contribution in [-0.4, -0.2) is 367 Å². The summed E-state index contributed by atoms with van der Waals surface area (Å²) in [6.07, 6.45) is -52.2. The van der Waals surface area contributed by atoms with Crippen molar-refractivity contribution >= 4 is 0 Å². The first-order valence-corrected chi connectivity index (χ1v) is 34.5. The zero-order chi connectivity index (χ0) is 71.1. The summed E-state index contributed by atoms with van der Waals surface area (Å²) in [5.41, 5.74) is -0.509. The summed E-state index contributed by atoms with van der Waals surface area (Å²) in [7, 11) is 0. The maximum absolute atomic E-state index is 12.2. The monoisotopic (exact) mass is 1420 g/mol. The van der Waals surface area contributed by atoms with Crippen LogP contribution in [0.15, 0.2) is 0 Å². The lowest BCUT2D eigenvalue weighted by molar-refractivity contribution is -0.409. The molecular weight excluding hydrogens is 1320 g/mol. The Bertz CT molecular complexity index is 2550. The second-order valence-corrected chi connectivity index (χ2v) is 30.0. The van der Waals surface area contributed by atoms with Crippen molar-refractivity contribution in [3.05, 3.63) is 0 Å². The minimum atomic E-state index is -2.23. The van der Waals surface area contributed by atoms with Gasteiger partial charge in [0.2, 0.25) is 0 Å². The fraction of sp³-hybridized carbons (Fsp3) is 1.00. The first kappa shape index (κ1) is 77.7. The van der Waals surface area contributed by atoms with Crippen LogP contribution in [0.25, 0.3) is 0 Å². The van der Waals surface area contributed by atoms with Gasteiger partial charge in [0.15, 0.2) is 43.5 Å². The molecule has 11 rings (SSSR count). The lowest BCUT2D eigenvalue weighted by Gasteiger charge is -2.62. The normalized spacial score (nSPS) is 55.5. The van der Waals surface area contributed by atoms with Crippen molar-refractivity contribution in [2.75, 3.05) is 46.2 Å². The number of aliphatic hydroxyl groups excluding tert-OH is 21. The van der Waals surface area contributed by atoms with Gasteiger partial charge in [-0.1, -0.05) is 27.7 Å². The van der Waals surface area contributed by atoms with Crippen molar-refractivity contribution in [2.45, 2.75) is 294 Å². The van der Waals surface area contributed by atoms with Gasteiger partial charge < -0.3 is 174 Å². The van der Waals surface area contributed by atoms with Crippen molar-refractivity contribution in [3.8, 4) is 0 Å². The van der Waals surface area contributed by atoms with E-state index in [1.54, 1.807) is 0 Å². The number of hydrogen-bond donors (Lipinski definition) is 22. The first-order chi connectivity index (χ1) is 46.4. The van der Waals surface area contributed by atoms with Gasteiger partial charge in [-0.25, -0.2) is 0 Å². The first-order valence-electron chi connectivity index (χ1n) is 34.5. The SMILES string of the molecule is C[C@H](CC[C@@]1(O)O[C@H]2C[C@H]3[C@@H]4CC[C@@H]5C[C@@H](O[C@H]6O[C@H](CO)[C@@H](O)[C@H](O[C@@H]7O[C@@H](CO)[C@@H](O[C@@H]8O[C@H](CO)[C@@H](O)[C@H](O[C@@H]9O[C@H](CO)[C@H](O)[C@H](O)[C@H]9O)[C@H]8O[C@@H]8O[C@H](CO)[C@H](O)[C@H](O)[C@H]8O)[C@H](O)[C@H]7O)[C@H]6O)[C@H](O)C[C@]5(C)[C@H]4CC[C@]3(C)[C@H]2[C@@H]1C)CO[C@@H]1O[C@@H](CO)[C@H](O)[C@H](O)[C@@H]1O. The zero-order valence-electron chi connectivity index (χ0n) is 55.1. The number of hydrogen-bond acceptors (Lipinski definition) is 35. The average molecular weight is 1420 g/mol. The molecule has 98 heavy (non-hydrogen) atoms. The molecule has 11 aliphatic rings. The Morgan fingerprint density at radius 3 is 1.43 bits per heavy atom. The van der Waals surface area contributed by atoms with E-state index in [1.807, 2.05) is 6.92 Å². The van der Waals surface area contributed by atoms with Gasteiger partial charge in [0.05, 0.1) is 64.6 Å². The third kappa shape index (κ3) is 14.3. The van der Waals surface area contributed by atoms with Crippen LogP contribution in [0.2, 0.25) is 0 Å². The summed E-state index contributed by atoms with van der Waals surface area (Å²) in [6, 6.07) is 0. The van der Waals surface area contributed by atoms with Crippen LogP contribution in [0.5, 0.6) is 0 Å². The molecule has 22 N–H and O–H groups in total. The number of rotatable bonds is 22. The summed E-state index contributed by atoms with van der Waals surface area (Å²) in [4.78, 5) is 0. The van der Waals surface area contributed by atoms with Crippen LogP contribution >= 0.6 is 0 Å². The Kier molecular flexibility index (Phi) is 24.7. The second kappa shape index (κ2) is 31.2. The molecule has 4 saturated carbocycles. The summed E-state index contributed by atoms with van der Waals surface area (Å²) < 4.78 is 77.3. The standard InChI is InChI=1S/C63H106O35/c1-21(20-86-55-46(80)42(76)37(71)30(14-64)88-55)7-10-63(85)22(2)36-29(98-63)12-26-24-6-5-23-11-28(27(70)13-62(23,4)25(24)8-9-61(26,36)3)87-59-50(84)52(40(74)33(17-67)91-59)95-58-49(83)45(79)51(35(19-69)93-58)94-60-54(97-57-48(82)44(78)39(73)32(16-66)90-57)53(41(75)34(18-68)92-60)96-56-47(81)43(77)38(72)31(15-65)89-56/h21-60,64-85H,5-20H2,1-4H3/t21-,22+,23-,24-,25+,26+,27-,28-,29+,30+,31-,32-,33-,34-,35+,36+,37+,38+,39+,40-,41-,42+,43+,44+,45-,46+,47-,48-,49-,50-,51-,52+,53+,54-,55-,56+,57+,58+,59+,60+,61+,62+,63-/m1/s1. The van der Waals surface area contributed by atoms with Crippen LogP contribution < -0.4 is 0 Å². The highest BCUT2D eigenvalue weighted by atomic mass is 16.8. The van der Waals surface area contributed by atoms with Crippen molar-refractivity contribution in [3.63, 3.8) is 0 Å². The predicted octanol–water partition coefficient (Wildman–Crippen LogP) is -9.34. The molecule has 7 saturated heterocycles. The van der Waals surface area contributed by atoms with Crippen molar-refractivity contribution in [1.29, 1.82) is 0 Å². The summed E-state index contributed by atoms with van der Waals surface area (Å²) in [6.45, 7) is 3.20. The molecule has 43 atom stereocenters. The van der Waals surface area contributed by atoms with Crippen molar-refractivity contribution in [1.82, 2.24) is 0 Å². The highest BCUT2D eigenvalue weighted by Gasteiger charge is 2.69. The molecule has 0 aromatic carbocycles. The molecule has 0 bridgehead atoms. The van der Waals surface area contributed by atoms with E-state index in [4.69, 9.17) is 61.6 Å². The Labute approximate surface area is 564 Å². The van der Waals surface area contributed by atoms with Crippen LogP contribution in [-0.2, 0) is 61.6 Å². The molecular formula is C63H106O35. The van der Waals surface area contributed by atoms with Gasteiger partial charge in [-0.3, -0.25) is 0 Å². The topological polar surface area (TPSA) is 565 Å².